The molecule has 0 spiro atoms. The number of ether oxygens (including phenoxy) is 3. The molecule has 19 heavy (non-hydrogen) atoms. The van der Waals surface area contributed by atoms with Crippen LogP contribution >= 0.6 is 0 Å². The number of benzene rings is 1. The Morgan fingerprint density at radius 2 is 2.16 bits per heavy atom. The van der Waals surface area contributed by atoms with Gasteiger partial charge in [0, 0.05) is 6.42 Å². The summed E-state index contributed by atoms with van der Waals surface area (Å²) in [5.41, 5.74) is -0.384. The molecule has 1 heterocycles. The minimum absolute atomic E-state index is 0.0437. The second-order valence-corrected chi connectivity index (χ2v) is 4.03. The predicted octanol–water partition coefficient (Wildman–Crippen LogP) is 2.27. The highest BCUT2D eigenvalue weighted by Gasteiger charge is 2.18. The van der Waals surface area contributed by atoms with Gasteiger partial charge in [-0.2, -0.15) is 0 Å². The molecule has 0 aliphatic carbocycles. The van der Waals surface area contributed by atoms with Crippen molar-refractivity contribution >= 4 is 5.69 Å². The Kier molecular flexibility index (Phi) is 4.64. The van der Waals surface area contributed by atoms with Crippen molar-refractivity contribution in [1.29, 1.82) is 0 Å². The van der Waals surface area contributed by atoms with Gasteiger partial charge in [0.15, 0.2) is 12.0 Å². The van der Waals surface area contributed by atoms with Gasteiger partial charge in [-0.15, -0.1) is 0 Å². The van der Waals surface area contributed by atoms with Gasteiger partial charge >= 0.3 is 5.69 Å². The molecule has 1 aliphatic heterocycles. The third kappa shape index (κ3) is 3.87. The largest absolute Gasteiger partial charge is 0.487 e. The minimum atomic E-state index is -0.675. The number of hydrogen-bond acceptors (Lipinski definition) is 5. The molecule has 1 fully saturated rings. The normalized spacial score (nSPS) is 16.3. The fourth-order valence-corrected chi connectivity index (χ4v) is 1.72. The molecule has 0 saturated carbocycles. The van der Waals surface area contributed by atoms with Crippen LogP contribution in [-0.4, -0.2) is 31.0 Å². The molecule has 1 aliphatic rings. The summed E-state index contributed by atoms with van der Waals surface area (Å²) in [5, 5.41) is 10.7. The van der Waals surface area contributed by atoms with Crippen LogP contribution in [0.1, 0.15) is 12.8 Å². The molecule has 7 heteroatoms. The van der Waals surface area contributed by atoms with Crippen molar-refractivity contribution in [2.75, 3.05) is 19.8 Å². The second-order valence-electron chi connectivity index (χ2n) is 4.03. The molecular formula is C12H14FNO5. The SMILES string of the molecule is O=[N+]([O-])c1cc(F)ccc1OCCC1OCCCO1. The van der Waals surface area contributed by atoms with Crippen molar-refractivity contribution < 1.29 is 23.5 Å². The number of hydrogen-bond donors (Lipinski definition) is 0. The van der Waals surface area contributed by atoms with Crippen molar-refractivity contribution in [3.63, 3.8) is 0 Å². The minimum Gasteiger partial charge on any atom is -0.487 e. The zero-order valence-corrected chi connectivity index (χ0v) is 10.2. The molecule has 6 nitrogen and oxygen atoms in total. The van der Waals surface area contributed by atoms with Crippen LogP contribution in [0.2, 0.25) is 0 Å². The van der Waals surface area contributed by atoms with E-state index in [2.05, 4.69) is 0 Å². The summed E-state index contributed by atoms with van der Waals surface area (Å²) >= 11 is 0. The van der Waals surface area contributed by atoms with Crippen molar-refractivity contribution in [3.05, 3.63) is 34.1 Å². The van der Waals surface area contributed by atoms with E-state index in [9.17, 15) is 14.5 Å². The fraction of sp³-hybridized carbons (Fsp3) is 0.500. The Hall–Kier alpha value is -1.73. The van der Waals surface area contributed by atoms with Gasteiger partial charge in [0.1, 0.15) is 5.82 Å². The summed E-state index contributed by atoms with van der Waals surface area (Å²) in [6.45, 7) is 1.49. The molecule has 0 radical (unpaired) electrons. The molecule has 1 saturated heterocycles. The van der Waals surface area contributed by atoms with E-state index in [0.29, 0.717) is 19.6 Å². The Morgan fingerprint density at radius 1 is 1.42 bits per heavy atom. The molecule has 1 aromatic rings. The lowest BCUT2D eigenvalue weighted by molar-refractivity contribution is -0.386. The van der Waals surface area contributed by atoms with Crippen LogP contribution in [0.5, 0.6) is 5.75 Å². The first kappa shape index (κ1) is 13.7. The Morgan fingerprint density at radius 3 is 2.84 bits per heavy atom. The maximum atomic E-state index is 12.9. The van der Waals surface area contributed by atoms with Crippen LogP contribution in [0.15, 0.2) is 18.2 Å². The molecule has 0 bridgehead atoms. The van der Waals surface area contributed by atoms with E-state index in [4.69, 9.17) is 14.2 Å². The second kappa shape index (κ2) is 6.44. The van der Waals surface area contributed by atoms with Gasteiger partial charge in [0.25, 0.3) is 0 Å². The Bertz CT molecular complexity index is 448. The standard InChI is InChI=1S/C12H14FNO5/c13-9-2-3-11(10(8-9)14(15)16)17-7-4-12-18-5-1-6-19-12/h2-3,8,12H,1,4-7H2. The van der Waals surface area contributed by atoms with Gasteiger partial charge in [-0.05, 0) is 18.6 Å². The highest BCUT2D eigenvalue weighted by atomic mass is 19.1. The number of nitrogens with zero attached hydrogens (tertiary/aromatic N) is 1. The summed E-state index contributed by atoms with van der Waals surface area (Å²) in [7, 11) is 0. The predicted molar refractivity (Wildman–Crippen MR) is 63.5 cm³/mol. The van der Waals surface area contributed by atoms with Crippen LogP contribution in [0.4, 0.5) is 10.1 Å². The van der Waals surface area contributed by atoms with Crippen molar-refractivity contribution in [1.82, 2.24) is 0 Å². The zero-order valence-electron chi connectivity index (χ0n) is 10.2. The summed E-state index contributed by atoms with van der Waals surface area (Å²) in [4.78, 5) is 10.1. The Labute approximate surface area is 109 Å². The number of rotatable bonds is 5. The average Bonchev–Trinajstić information content (AvgIpc) is 2.41. The first-order valence-corrected chi connectivity index (χ1v) is 5.97. The third-order valence-electron chi connectivity index (χ3n) is 2.62. The molecular weight excluding hydrogens is 257 g/mol. The molecule has 0 aromatic heterocycles. The number of nitro benzene ring substituents is 1. The lowest BCUT2D eigenvalue weighted by Crippen LogP contribution is -2.26. The summed E-state index contributed by atoms with van der Waals surface area (Å²) in [6.07, 6.45) is 0.989. The maximum Gasteiger partial charge on any atom is 0.313 e. The first-order valence-electron chi connectivity index (χ1n) is 5.97. The monoisotopic (exact) mass is 271 g/mol. The molecule has 1 aromatic carbocycles. The maximum absolute atomic E-state index is 12.9. The molecule has 0 amide bonds. The van der Waals surface area contributed by atoms with Crippen LogP contribution in [-0.2, 0) is 9.47 Å². The smallest absolute Gasteiger partial charge is 0.313 e. The Balaban J connectivity index is 1.89. The number of halogens is 1. The van der Waals surface area contributed by atoms with Crippen LogP contribution < -0.4 is 4.74 Å². The van der Waals surface area contributed by atoms with Crippen molar-refractivity contribution in [2.45, 2.75) is 19.1 Å². The van der Waals surface area contributed by atoms with E-state index in [1.165, 1.54) is 6.07 Å². The number of nitro groups is 1. The lowest BCUT2D eigenvalue weighted by atomic mass is 10.3. The first-order chi connectivity index (χ1) is 9.16. The van der Waals surface area contributed by atoms with Gasteiger partial charge in [-0.3, -0.25) is 10.1 Å². The van der Waals surface area contributed by atoms with E-state index >= 15 is 0 Å². The highest BCUT2D eigenvalue weighted by molar-refractivity contribution is 5.46. The third-order valence-corrected chi connectivity index (χ3v) is 2.62. The van der Waals surface area contributed by atoms with Gasteiger partial charge in [-0.25, -0.2) is 4.39 Å². The van der Waals surface area contributed by atoms with Gasteiger partial charge in [0.2, 0.25) is 0 Å². The van der Waals surface area contributed by atoms with Crippen molar-refractivity contribution in [2.24, 2.45) is 0 Å². The summed E-state index contributed by atoms with van der Waals surface area (Å²) in [5.74, 6) is -0.625. The molecule has 0 N–H and O–H groups in total. The molecule has 0 unspecified atom stereocenters. The summed E-state index contributed by atoms with van der Waals surface area (Å²) in [6, 6.07) is 3.20. The fourth-order valence-electron chi connectivity index (χ4n) is 1.72. The lowest BCUT2D eigenvalue weighted by Gasteiger charge is -2.22. The van der Waals surface area contributed by atoms with Gasteiger partial charge in [0.05, 0.1) is 30.8 Å². The van der Waals surface area contributed by atoms with Gasteiger partial charge < -0.3 is 14.2 Å². The van der Waals surface area contributed by atoms with E-state index in [1.807, 2.05) is 0 Å². The van der Waals surface area contributed by atoms with Crippen LogP contribution in [0, 0.1) is 15.9 Å². The van der Waals surface area contributed by atoms with E-state index in [0.717, 1.165) is 18.6 Å². The van der Waals surface area contributed by atoms with Crippen LogP contribution in [0.25, 0.3) is 0 Å². The van der Waals surface area contributed by atoms with E-state index in [-0.39, 0.29) is 24.3 Å². The van der Waals surface area contributed by atoms with Crippen LogP contribution in [0.3, 0.4) is 0 Å². The highest BCUT2D eigenvalue weighted by Crippen LogP contribution is 2.27. The molecule has 104 valence electrons. The van der Waals surface area contributed by atoms with E-state index in [1.54, 1.807) is 0 Å². The molecule has 0 atom stereocenters. The van der Waals surface area contributed by atoms with E-state index < -0.39 is 10.7 Å². The quantitative estimate of drug-likeness (QED) is 0.606. The van der Waals surface area contributed by atoms with Gasteiger partial charge in [-0.1, -0.05) is 0 Å². The van der Waals surface area contributed by atoms with Crippen molar-refractivity contribution in [3.8, 4) is 5.75 Å². The zero-order chi connectivity index (χ0) is 13.7. The molecule has 2 rings (SSSR count). The average molecular weight is 271 g/mol. The topological polar surface area (TPSA) is 70.8 Å². The summed E-state index contributed by atoms with van der Waals surface area (Å²) < 4.78 is 28.8.